The van der Waals surface area contributed by atoms with E-state index in [1.165, 1.54) is 5.39 Å². The van der Waals surface area contributed by atoms with Gasteiger partial charge >= 0.3 is 0 Å². The number of aromatic nitrogens is 1. The highest BCUT2D eigenvalue weighted by Gasteiger charge is 2.33. The topological polar surface area (TPSA) is 50.9 Å². The third-order valence-corrected chi connectivity index (χ3v) is 2.77. The van der Waals surface area contributed by atoms with E-state index in [4.69, 9.17) is 5.73 Å². The molecule has 0 bridgehead atoms. The van der Waals surface area contributed by atoms with Gasteiger partial charge in [0.2, 0.25) is 0 Å². The highest BCUT2D eigenvalue weighted by Crippen LogP contribution is 2.23. The molecule has 3 heteroatoms. The number of pyridine rings is 1. The summed E-state index contributed by atoms with van der Waals surface area (Å²) in [4.78, 5) is 4.52. The molecule has 1 heterocycles. The molecule has 1 aliphatic rings. The Labute approximate surface area is 88.3 Å². The number of rotatable bonds is 2. The van der Waals surface area contributed by atoms with Crippen molar-refractivity contribution in [3.05, 3.63) is 36.4 Å². The fourth-order valence-electron chi connectivity index (χ4n) is 1.72. The van der Waals surface area contributed by atoms with Crippen LogP contribution in [-0.4, -0.2) is 17.1 Å². The second kappa shape index (κ2) is 3.21. The molecule has 1 aromatic heterocycles. The second-order valence-electron chi connectivity index (χ2n) is 4.04. The van der Waals surface area contributed by atoms with Crippen LogP contribution in [0.2, 0.25) is 0 Å². The van der Waals surface area contributed by atoms with Crippen molar-refractivity contribution in [3.8, 4) is 0 Å². The Bertz CT molecular complexity index is 495. The Morgan fingerprint density at radius 2 is 2.00 bits per heavy atom. The minimum absolute atomic E-state index is 0.304. The number of nitrogens with one attached hydrogen (secondary N) is 1. The standard InChI is InChI=1S/C12H13N3/c13-9-7-11(9)15-12-6-5-8-3-1-2-4-10(8)14-12/h1-6,9,11H,7,13H2,(H,14,15). The first-order chi connectivity index (χ1) is 7.33. The van der Waals surface area contributed by atoms with Gasteiger partial charge in [-0.2, -0.15) is 0 Å². The van der Waals surface area contributed by atoms with E-state index in [9.17, 15) is 0 Å². The highest BCUT2D eigenvalue weighted by molar-refractivity contribution is 5.80. The monoisotopic (exact) mass is 199 g/mol. The Balaban J connectivity index is 1.92. The van der Waals surface area contributed by atoms with Gasteiger partial charge in [-0.3, -0.25) is 0 Å². The molecule has 1 aromatic carbocycles. The average Bonchev–Trinajstić information content (AvgIpc) is 2.94. The maximum absolute atomic E-state index is 5.74. The number of benzene rings is 1. The first kappa shape index (κ1) is 8.68. The van der Waals surface area contributed by atoms with Crippen molar-refractivity contribution in [1.82, 2.24) is 4.98 Å². The van der Waals surface area contributed by atoms with E-state index >= 15 is 0 Å². The fraction of sp³-hybridized carbons (Fsp3) is 0.250. The second-order valence-corrected chi connectivity index (χ2v) is 4.04. The van der Waals surface area contributed by atoms with Gasteiger partial charge in [0.25, 0.3) is 0 Å². The van der Waals surface area contributed by atoms with Crippen LogP contribution in [0.1, 0.15) is 6.42 Å². The maximum atomic E-state index is 5.74. The highest BCUT2D eigenvalue weighted by atomic mass is 15.1. The molecule has 0 spiro atoms. The fourth-order valence-corrected chi connectivity index (χ4v) is 1.72. The lowest BCUT2D eigenvalue weighted by Gasteiger charge is -2.04. The van der Waals surface area contributed by atoms with Crippen LogP contribution in [0, 0.1) is 0 Å². The lowest BCUT2D eigenvalue weighted by molar-refractivity contribution is 0.999. The summed E-state index contributed by atoms with van der Waals surface area (Å²) < 4.78 is 0. The molecule has 0 amide bonds. The Kier molecular flexibility index (Phi) is 1.86. The van der Waals surface area contributed by atoms with Gasteiger partial charge < -0.3 is 11.1 Å². The lowest BCUT2D eigenvalue weighted by Crippen LogP contribution is -2.13. The average molecular weight is 199 g/mol. The molecule has 3 rings (SSSR count). The molecule has 0 radical (unpaired) electrons. The van der Waals surface area contributed by atoms with Crippen molar-refractivity contribution >= 4 is 16.7 Å². The SMILES string of the molecule is NC1CC1Nc1ccc2ccccc2n1. The molecule has 1 saturated carbocycles. The minimum atomic E-state index is 0.304. The summed E-state index contributed by atoms with van der Waals surface area (Å²) in [6.07, 6.45) is 1.05. The van der Waals surface area contributed by atoms with E-state index in [2.05, 4.69) is 22.4 Å². The Hall–Kier alpha value is -1.61. The molecule has 2 atom stereocenters. The molecule has 76 valence electrons. The van der Waals surface area contributed by atoms with Gasteiger partial charge in [-0.1, -0.05) is 18.2 Å². The van der Waals surface area contributed by atoms with Crippen LogP contribution < -0.4 is 11.1 Å². The Morgan fingerprint density at radius 1 is 1.20 bits per heavy atom. The summed E-state index contributed by atoms with van der Waals surface area (Å²) in [5.41, 5.74) is 6.76. The number of fused-ring (bicyclic) bond motifs is 1. The quantitative estimate of drug-likeness (QED) is 0.774. The van der Waals surface area contributed by atoms with Crippen LogP contribution in [0.4, 0.5) is 5.82 Å². The first-order valence-corrected chi connectivity index (χ1v) is 5.21. The number of nitrogens with zero attached hydrogens (tertiary/aromatic N) is 1. The number of hydrogen-bond donors (Lipinski definition) is 2. The summed E-state index contributed by atoms with van der Waals surface area (Å²) >= 11 is 0. The molecule has 2 unspecified atom stereocenters. The third kappa shape index (κ3) is 1.66. The third-order valence-electron chi connectivity index (χ3n) is 2.77. The molecule has 1 aliphatic carbocycles. The van der Waals surface area contributed by atoms with Crippen molar-refractivity contribution < 1.29 is 0 Å². The summed E-state index contributed by atoms with van der Waals surface area (Å²) in [5, 5.41) is 4.49. The van der Waals surface area contributed by atoms with E-state index in [1.807, 2.05) is 24.3 Å². The predicted octanol–water partition coefficient (Wildman–Crippen LogP) is 1.75. The van der Waals surface area contributed by atoms with E-state index < -0.39 is 0 Å². The zero-order valence-electron chi connectivity index (χ0n) is 8.35. The summed E-state index contributed by atoms with van der Waals surface area (Å²) in [6.45, 7) is 0. The molecule has 2 aromatic rings. The van der Waals surface area contributed by atoms with Gasteiger partial charge in [-0.25, -0.2) is 4.98 Å². The van der Waals surface area contributed by atoms with Gasteiger partial charge in [-0.15, -0.1) is 0 Å². The molecule has 3 N–H and O–H groups in total. The summed E-state index contributed by atoms with van der Waals surface area (Å²) in [7, 11) is 0. The van der Waals surface area contributed by atoms with Crippen molar-refractivity contribution in [1.29, 1.82) is 0 Å². The lowest BCUT2D eigenvalue weighted by atomic mass is 10.2. The molecular weight excluding hydrogens is 186 g/mol. The summed E-state index contributed by atoms with van der Waals surface area (Å²) in [5.74, 6) is 0.923. The summed E-state index contributed by atoms with van der Waals surface area (Å²) in [6, 6.07) is 12.9. The van der Waals surface area contributed by atoms with Gasteiger partial charge in [0.15, 0.2) is 0 Å². The zero-order chi connectivity index (χ0) is 10.3. The molecule has 0 saturated heterocycles. The van der Waals surface area contributed by atoms with E-state index in [1.54, 1.807) is 0 Å². The van der Waals surface area contributed by atoms with Crippen molar-refractivity contribution in [3.63, 3.8) is 0 Å². The number of nitrogens with two attached hydrogens (primary N) is 1. The maximum Gasteiger partial charge on any atom is 0.126 e. The molecule has 3 nitrogen and oxygen atoms in total. The predicted molar refractivity (Wildman–Crippen MR) is 61.7 cm³/mol. The van der Waals surface area contributed by atoms with E-state index in [0.29, 0.717) is 12.1 Å². The Morgan fingerprint density at radius 3 is 2.80 bits per heavy atom. The van der Waals surface area contributed by atoms with Crippen LogP contribution >= 0.6 is 0 Å². The molecule has 0 aliphatic heterocycles. The normalized spacial score (nSPS) is 24.1. The largest absolute Gasteiger partial charge is 0.366 e. The zero-order valence-corrected chi connectivity index (χ0v) is 8.35. The van der Waals surface area contributed by atoms with Gasteiger partial charge in [0, 0.05) is 17.5 Å². The number of anilines is 1. The molecule has 15 heavy (non-hydrogen) atoms. The number of hydrogen-bond acceptors (Lipinski definition) is 3. The smallest absolute Gasteiger partial charge is 0.126 e. The van der Waals surface area contributed by atoms with Crippen LogP contribution in [0.15, 0.2) is 36.4 Å². The van der Waals surface area contributed by atoms with Crippen LogP contribution in [0.5, 0.6) is 0 Å². The molecular formula is C12H13N3. The van der Waals surface area contributed by atoms with Crippen molar-refractivity contribution in [2.24, 2.45) is 5.73 Å². The van der Waals surface area contributed by atoms with Crippen molar-refractivity contribution in [2.45, 2.75) is 18.5 Å². The minimum Gasteiger partial charge on any atom is -0.366 e. The van der Waals surface area contributed by atoms with Gasteiger partial charge in [0.05, 0.1) is 5.52 Å². The van der Waals surface area contributed by atoms with E-state index in [0.717, 1.165) is 17.8 Å². The van der Waals surface area contributed by atoms with Gasteiger partial charge in [0.1, 0.15) is 5.82 Å². The van der Waals surface area contributed by atoms with Gasteiger partial charge in [-0.05, 0) is 24.6 Å². The van der Waals surface area contributed by atoms with Crippen LogP contribution in [0.25, 0.3) is 10.9 Å². The van der Waals surface area contributed by atoms with E-state index in [-0.39, 0.29) is 0 Å². The van der Waals surface area contributed by atoms with Crippen LogP contribution in [-0.2, 0) is 0 Å². The number of para-hydroxylation sites is 1. The van der Waals surface area contributed by atoms with Crippen molar-refractivity contribution in [2.75, 3.05) is 5.32 Å². The van der Waals surface area contributed by atoms with Crippen LogP contribution in [0.3, 0.4) is 0 Å². The molecule has 1 fully saturated rings. The first-order valence-electron chi connectivity index (χ1n) is 5.21.